The van der Waals surface area contributed by atoms with E-state index >= 15 is 0 Å². The highest BCUT2D eigenvalue weighted by Crippen LogP contribution is 2.16. The largest absolute Gasteiger partial charge is 0.338 e. The van der Waals surface area contributed by atoms with Crippen LogP contribution in [0.4, 0.5) is 0 Å². The zero-order valence-electron chi connectivity index (χ0n) is 11.3. The second kappa shape index (κ2) is 5.68. The number of hydrogen-bond donors (Lipinski definition) is 0. The summed E-state index contributed by atoms with van der Waals surface area (Å²) >= 11 is 1.58. The first-order chi connectivity index (χ1) is 9.72. The van der Waals surface area contributed by atoms with Crippen LogP contribution in [-0.4, -0.2) is 69.1 Å². The van der Waals surface area contributed by atoms with Crippen LogP contribution in [0.2, 0.25) is 0 Å². The highest BCUT2D eigenvalue weighted by Gasteiger charge is 2.20. The molecule has 0 spiro atoms. The smallest absolute Gasteiger partial charge is 0.246 e. The Morgan fingerprint density at radius 2 is 2.15 bits per heavy atom. The van der Waals surface area contributed by atoms with Crippen LogP contribution in [0.3, 0.4) is 0 Å². The lowest BCUT2D eigenvalue weighted by Gasteiger charge is -2.32. The van der Waals surface area contributed by atoms with E-state index in [2.05, 4.69) is 27.4 Å². The Bertz CT molecular complexity index is 573. The Labute approximate surface area is 120 Å². The lowest BCUT2D eigenvalue weighted by atomic mass is 10.3. The van der Waals surface area contributed by atoms with Gasteiger partial charge in [-0.1, -0.05) is 0 Å². The van der Waals surface area contributed by atoms with Crippen molar-refractivity contribution in [3.63, 3.8) is 0 Å². The molecule has 0 aromatic carbocycles. The van der Waals surface area contributed by atoms with Crippen molar-refractivity contribution in [1.29, 1.82) is 0 Å². The molecule has 7 nitrogen and oxygen atoms in total. The van der Waals surface area contributed by atoms with Gasteiger partial charge in [0.2, 0.25) is 11.7 Å². The number of thiophene rings is 1. The van der Waals surface area contributed by atoms with Crippen LogP contribution in [0, 0.1) is 0 Å². The number of amides is 1. The molecule has 20 heavy (non-hydrogen) atoms. The Morgan fingerprint density at radius 1 is 1.35 bits per heavy atom. The molecule has 8 heteroatoms. The highest BCUT2D eigenvalue weighted by molar-refractivity contribution is 7.08. The maximum atomic E-state index is 12.2. The second-order valence-electron chi connectivity index (χ2n) is 4.84. The van der Waals surface area contributed by atoms with Gasteiger partial charge in [0.25, 0.3) is 0 Å². The molecule has 0 radical (unpaired) electrons. The number of piperazine rings is 1. The van der Waals surface area contributed by atoms with Crippen molar-refractivity contribution in [2.45, 2.75) is 6.54 Å². The van der Waals surface area contributed by atoms with E-state index in [1.807, 2.05) is 21.7 Å². The molecule has 3 heterocycles. The van der Waals surface area contributed by atoms with Crippen molar-refractivity contribution in [2.24, 2.45) is 0 Å². The predicted molar refractivity (Wildman–Crippen MR) is 75.2 cm³/mol. The first-order valence-electron chi connectivity index (χ1n) is 6.49. The van der Waals surface area contributed by atoms with Crippen molar-refractivity contribution < 1.29 is 4.79 Å². The molecule has 1 saturated heterocycles. The number of tetrazole rings is 1. The van der Waals surface area contributed by atoms with Crippen LogP contribution in [0.15, 0.2) is 16.8 Å². The van der Waals surface area contributed by atoms with E-state index in [0.717, 1.165) is 31.7 Å². The average Bonchev–Trinajstić information content (AvgIpc) is 3.09. The predicted octanol–water partition coefficient (Wildman–Crippen LogP) is 0.176. The molecule has 1 aliphatic heterocycles. The summed E-state index contributed by atoms with van der Waals surface area (Å²) in [6, 6.07) is 1.94. The molecule has 0 unspecified atom stereocenters. The van der Waals surface area contributed by atoms with Crippen molar-refractivity contribution >= 4 is 17.2 Å². The monoisotopic (exact) mass is 292 g/mol. The summed E-state index contributed by atoms with van der Waals surface area (Å²) in [5.74, 6) is 0.616. The third-order valence-electron chi connectivity index (χ3n) is 3.36. The van der Waals surface area contributed by atoms with Gasteiger partial charge in [-0.05, 0) is 23.7 Å². The highest BCUT2D eigenvalue weighted by atomic mass is 32.1. The second-order valence-corrected chi connectivity index (χ2v) is 5.62. The van der Waals surface area contributed by atoms with Crippen molar-refractivity contribution in [3.05, 3.63) is 16.8 Å². The van der Waals surface area contributed by atoms with Gasteiger partial charge < -0.3 is 9.80 Å². The normalized spacial score (nSPS) is 16.6. The van der Waals surface area contributed by atoms with Crippen LogP contribution in [0.25, 0.3) is 11.4 Å². The SMILES string of the molecule is CN1CCN(C(=O)Cn2nnc(-c3ccsc3)n2)CC1. The first kappa shape index (κ1) is 13.2. The number of hydrogen-bond acceptors (Lipinski definition) is 6. The van der Waals surface area contributed by atoms with Gasteiger partial charge in [0, 0.05) is 37.1 Å². The zero-order chi connectivity index (χ0) is 13.9. The molecular formula is C12H16N6OS. The molecule has 3 rings (SSSR count). The van der Waals surface area contributed by atoms with Gasteiger partial charge in [-0.15, -0.1) is 10.2 Å². The summed E-state index contributed by atoms with van der Waals surface area (Å²) in [5, 5.41) is 16.1. The molecule has 1 aliphatic rings. The molecule has 0 N–H and O–H groups in total. The van der Waals surface area contributed by atoms with E-state index in [0.29, 0.717) is 5.82 Å². The van der Waals surface area contributed by atoms with Gasteiger partial charge in [-0.3, -0.25) is 4.79 Å². The van der Waals surface area contributed by atoms with E-state index < -0.39 is 0 Å². The fourth-order valence-electron chi connectivity index (χ4n) is 2.09. The van der Waals surface area contributed by atoms with Gasteiger partial charge in [0.15, 0.2) is 0 Å². The van der Waals surface area contributed by atoms with E-state index in [9.17, 15) is 4.79 Å². The minimum Gasteiger partial charge on any atom is -0.338 e. The minimum atomic E-state index is 0.0485. The van der Waals surface area contributed by atoms with Gasteiger partial charge >= 0.3 is 0 Å². The van der Waals surface area contributed by atoms with Crippen LogP contribution >= 0.6 is 11.3 Å². The Balaban J connectivity index is 1.62. The van der Waals surface area contributed by atoms with Crippen molar-refractivity contribution in [3.8, 4) is 11.4 Å². The van der Waals surface area contributed by atoms with E-state index in [-0.39, 0.29) is 12.5 Å². The van der Waals surface area contributed by atoms with Crippen LogP contribution in [0.1, 0.15) is 0 Å². The summed E-state index contributed by atoms with van der Waals surface area (Å²) in [6.45, 7) is 3.51. The maximum Gasteiger partial charge on any atom is 0.246 e. The average molecular weight is 292 g/mol. The van der Waals surface area contributed by atoms with E-state index in [1.165, 1.54) is 4.80 Å². The summed E-state index contributed by atoms with van der Waals surface area (Å²) < 4.78 is 0. The third-order valence-corrected chi connectivity index (χ3v) is 4.05. The quantitative estimate of drug-likeness (QED) is 0.807. The number of carbonyl (C=O) groups excluding carboxylic acids is 1. The van der Waals surface area contributed by atoms with Gasteiger partial charge in [0.1, 0.15) is 6.54 Å². The Hall–Kier alpha value is -1.80. The molecule has 1 fully saturated rings. The fourth-order valence-corrected chi connectivity index (χ4v) is 2.73. The summed E-state index contributed by atoms with van der Waals surface area (Å²) in [6.07, 6.45) is 0. The molecule has 0 bridgehead atoms. The third kappa shape index (κ3) is 2.86. The van der Waals surface area contributed by atoms with Gasteiger partial charge in [-0.25, -0.2) is 0 Å². The molecule has 2 aromatic heterocycles. The topological polar surface area (TPSA) is 67.2 Å². The van der Waals surface area contributed by atoms with Crippen LogP contribution < -0.4 is 0 Å². The molecule has 0 saturated carbocycles. The number of nitrogens with zero attached hydrogens (tertiary/aromatic N) is 6. The number of likely N-dealkylation sites (N-methyl/N-ethyl adjacent to an activating group) is 1. The summed E-state index contributed by atoms with van der Waals surface area (Å²) in [5.41, 5.74) is 0.938. The molecule has 0 atom stereocenters. The summed E-state index contributed by atoms with van der Waals surface area (Å²) in [4.78, 5) is 17.6. The Morgan fingerprint density at radius 3 is 2.85 bits per heavy atom. The van der Waals surface area contributed by atoms with Crippen molar-refractivity contribution in [2.75, 3.05) is 33.2 Å². The van der Waals surface area contributed by atoms with E-state index in [1.54, 1.807) is 11.3 Å². The molecule has 0 aliphatic carbocycles. The maximum absolute atomic E-state index is 12.2. The standard InChI is InChI=1S/C12H16N6OS/c1-16-3-5-17(6-4-16)11(19)8-18-14-12(13-15-18)10-2-7-20-9-10/h2,7,9H,3-6,8H2,1H3. The van der Waals surface area contributed by atoms with Crippen LogP contribution in [0.5, 0.6) is 0 Å². The lowest BCUT2D eigenvalue weighted by Crippen LogP contribution is -2.48. The number of aromatic nitrogens is 4. The molecular weight excluding hydrogens is 276 g/mol. The van der Waals surface area contributed by atoms with Crippen molar-refractivity contribution in [1.82, 2.24) is 30.0 Å². The molecule has 1 amide bonds. The minimum absolute atomic E-state index is 0.0485. The number of carbonyl (C=O) groups is 1. The Kier molecular flexibility index (Phi) is 3.75. The zero-order valence-corrected chi connectivity index (χ0v) is 12.1. The number of rotatable bonds is 3. The fraction of sp³-hybridized carbons (Fsp3) is 0.500. The van der Waals surface area contributed by atoms with Gasteiger partial charge in [-0.2, -0.15) is 16.1 Å². The molecule has 2 aromatic rings. The van der Waals surface area contributed by atoms with Crippen LogP contribution in [-0.2, 0) is 11.3 Å². The van der Waals surface area contributed by atoms with E-state index in [4.69, 9.17) is 0 Å². The van der Waals surface area contributed by atoms with Gasteiger partial charge in [0.05, 0.1) is 0 Å². The summed E-state index contributed by atoms with van der Waals surface area (Å²) in [7, 11) is 2.06. The first-order valence-corrected chi connectivity index (χ1v) is 7.43. The molecule has 106 valence electrons. The lowest BCUT2D eigenvalue weighted by molar-refractivity contribution is -0.133.